The molecular formula is C27H37N5O. The number of carbonyl (C=O) groups is 1. The van der Waals surface area contributed by atoms with Crippen molar-refractivity contribution >= 4 is 29.1 Å². The number of anilines is 1. The maximum Gasteiger partial charge on any atom is 0.196 e. The van der Waals surface area contributed by atoms with E-state index in [2.05, 4.69) is 40.8 Å². The van der Waals surface area contributed by atoms with Gasteiger partial charge in [0.25, 0.3) is 0 Å². The predicted molar refractivity (Wildman–Crippen MR) is 140 cm³/mol. The van der Waals surface area contributed by atoms with Crippen LogP contribution in [-0.4, -0.2) is 81.0 Å². The van der Waals surface area contributed by atoms with Gasteiger partial charge < -0.3 is 9.80 Å². The summed E-state index contributed by atoms with van der Waals surface area (Å²) in [5.41, 5.74) is 5.52. The van der Waals surface area contributed by atoms with Crippen LogP contribution in [-0.2, 0) is 4.79 Å². The molecule has 3 rings (SSSR count). The maximum absolute atomic E-state index is 13.6. The molecule has 0 spiro atoms. The highest BCUT2D eigenvalue weighted by atomic mass is 16.1. The molecular weight excluding hydrogens is 410 g/mol. The van der Waals surface area contributed by atoms with Crippen LogP contribution in [0.5, 0.6) is 0 Å². The van der Waals surface area contributed by atoms with Crippen LogP contribution in [0, 0.1) is 0 Å². The lowest BCUT2D eigenvalue weighted by Gasteiger charge is -2.38. The number of carbonyl (C=O) groups excluding carboxylic acids is 1. The predicted octanol–water partition coefficient (Wildman–Crippen LogP) is 4.06. The number of hydrogen-bond acceptors (Lipinski definition) is 5. The standard InChI is InChI=1S/C27H37N5O/c1-8-22-23(9-2)27(33)24(26(25(22)28-5)29-18-30(6)7)20-10-12-21(13-11-20)32-16-14-31(15-17-32)19(3)4/h8-13,18-19H,14-17H2,1-7H3/b22-8+,23-9+,28-25-,29-18+. The Morgan fingerprint density at radius 2 is 1.58 bits per heavy atom. The van der Waals surface area contributed by atoms with E-state index in [-0.39, 0.29) is 5.78 Å². The van der Waals surface area contributed by atoms with Gasteiger partial charge in [0.2, 0.25) is 0 Å². The average Bonchev–Trinajstić information content (AvgIpc) is 2.82. The second-order valence-corrected chi connectivity index (χ2v) is 8.90. The van der Waals surface area contributed by atoms with Crippen molar-refractivity contribution in [2.75, 3.05) is 52.2 Å². The van der Waals surface area contributed by atoms with E-state index in [0.29, 0.717) is 22.9 Å². The van der Waals surface area contributed by atoms with Crippen LogP contribution in [0.4, 0.5) is 5.69 Å². The summed E-state index contributed by atoms with van der Waals surface area (Å²) < 4.78 is 0. The third-order valence-electron chi connectivity index (χ3n) is 6.26. The summed E-state index contributed by atoms with van der Waals surface area (Å²) in [5.74, 6) is -0.0118. The van der Waals surface area contributed by atoms with Gasteiger partial charge in [-0.2, -0.15) is 0 Å². The second kappa shape index (κ2) is 10.8. The first-order valence-electron chi connectivity index (χ1n) is 11.7. The van der Waals surface area contributed by atoms with E-state index in [1.807, 2.05) is 57.1 Å². The number of nitrogens with zero attached hydrogens (tertiary/aromatic N) is 5. The van der Waals surface area contributed by atoms with Crippen molar-refractivity contribution in [3.63, 3.8) is 0 Å². The molecule has 2 aliphatic rings. The summed E-state index contributed by atoms with van der Waals surface area (Å²) in [4.78, 5) is 29.6. The van der Waals surface area contributed by atoms with Crippen molar-refractivity contribution in [2.24, 2.45) is 9.98 Å². The Morgan fingerprint density at radius 3 is 2.06 bits per heavy atom. The molecule has 1 aromatic rings. The Morgan fingerprint density at radius 1 is 0.970 bits per heavy atom. The first-order valence-corrected chi connectivity index (χ1v) is 11.7. The molecule has 1 saturated heterocycles. The highest BCUT2D eigenvalue weighted by Gasteiger charge is 2.33. The van der Waals surface area contributed by atoms with Crippen LogP contribution in [0.15, 0.2) is 63.2 Å². The zero-order valence-corrected chi connectivity index (χ0v) is 21.1. The van der Waals surface area contributed by atoms with E-state index >= 15 is 0 Å². The molecule has 1 aliphatic carbocycles. The number of aliphatic imine (C=N–C) groups is 2. The number of rotatable bonds is 5. The molecule has 0 unspecified atom stereocenters. The second-order valence-electron chi connectivity index (χ2n) is 8.90. The summed E-state index contributed by atoms with van der Waals surface area (Å²) in [6.45, 7) is 12.5. The molecule has 0 bridgehead atoms. The molecule has 6 nitrogen and oxygen atoms in total. The highest BCUT2D eigenvalue weighted by Crippen LogP contribution is 2.36. The van der Waals surface area contributed by atoms with Gasteiger partial charge in [-0.1, -0.05) is 24.3 Å². The Labute approximate surface area is 198 Å². The number of hydrogen-bond donors (Lipinski definition) is 0. The quantitative estimate of drug-likeness (QED) is 0.388. The monoisotopic (exact) mass is 447 g/mol. The lowest BCUT2D eigenvalue weighted by Crippen LogP contribution is -2.48. The van der Waals surface area contributed by atoms with Gasteiger partial charge in [-0.3, -0.25) is 14.7 Å². The fourth-order valence-corrected chi connectivity index (χ4v) is 4.45. The molecule has 0 atom stereocenters. The first kappa shape index (κ1) is 24.6. The van der Waals surface area contributed by atoms with Crippen LogP contribution in [0.3, 0.4) is 0 Å². The number of allylic oxidation sites excluding steroid dienone is 5. The van der Waals surface area contributed by atoms with E-state index in [9.17, 15) is 4.79 Å². The van der Waals surface area contributed by atoms with Gasteiger partial charge in [0, 0.05) is 70.2 Å². The number of ketones is 1. The Balaban J connectivity index is 2.03. The molecule has 1 heterocycles. The summed E-state index contributed by atoms with van der Waals surface area (Å²) in [7, 11) is 5.59. The van der Waals surface area contributed by atoms with E-state index < -0.39 is 0 Å². The Hall–Kier alpha value is -2.99. The minimum atomic E-state index is -0.0118. The minimum Gasteiger partial charge on any atom is -0.369 e. The summed E-state index contributed by atoms with van der Waals surface area (Å²) in [6, 6.07) is 8.92. The van der Waals surface area contributed by atoms with Crippen molar-refractivity contribution in [1.29, 1.82) is 0 Å². The lowest BCUT2D eigenvalue weighted by molar-refractivity contribution is -0.110. The largest absolute Gasteiger partial charge is 0.369 e. The van der Waals surface area contributed by atoms with Crippen LogP contribution >= 0.6 is 0 Å². The van der Waals surface area contributed by atoms with Gasteiger partial charge in [-0.15, -0.1) is 0 Å². The van der Waals surface area contributed by atoms with Gasteiger partial charge in [-0.05, 0) is 45.4 Å². The molecule has 33 heavy (non-hydrogen) atoms. The van der Waals surface area contributed by atoms with Crippen molar-refractivity contribution < 1.29 is 4.79 Å². The average molecular weight is 448 g/mol. The highest BCUT2D eigenvalue weighted by molar-refractivity contribution is 6.43. The molecule has 1 fully saturated rings. The van der Waals surface area contributed by atoms with Crippen molar-refractivity contribution in [3.05, 3.63) is 58.8 Å². The van der Waals surface area contributed by atoms with Crippen molar-refractivity contribution in [3.8, 4) is 0 Å². The number of benzene rings is 1. The van der Waals surface area contributed by atoms with Crippen LogP contribution in [0.25, 0.3) is 5.57 Å². The molecule has 0 aromatic heterocycles. The topological polar surface area (TPSA) is 51.5 Å². The molecule has 1 aromatic carbocycles. The Kier molecular flexibility index (Phi) is 8.03. The molecule has 176 valence electrons. The van der Waals surface area contributed by atoms with E-state index in [1.165, 1.54) is 5.69 Å². The first-order chi connectivity index (χ1) is 15.8. The SMILES string of the molecule is C/C=C1/C(=O)C(c2ccc(N3CCN(C(C)C)CC3)cc2)=C(/N=C/N(C)C)C(=N\C)/C1=C/C. The van der Waals surface area contributed by atoms with E-state index in [1.54, 1.807) is 13.4 Å². The van der Waals surface area contributed by atoms with Crippen molar-refractivity contribution in [1.82, 2.24) is 9.80 Å². The summed E-state index contributed by atoms with van der Waals surface area (Å²) >= 11 is 0. The maximum atomic E-state index is 13.6. The molecule has 0 amide bonds. The van der Waals surface area contributed by atoms with Gasteiger partial charge in [0.05, 0.1) is 17.6 Å². The van der Waals surface area contributed by atoms with Crippen LogP contribution in [0.1, 0.15) is 33.3 Å². The summed E-state index contributed by atoms with van der Waals surface area (Å²) in [5, 5.41) is 0. The lowest BCUT2D eigenvalue weighted by atomic mass is 9.81. The number of piperazine rings is 1. The summed E-state index contributed by atoms with van der Waals surface area (Å²) in [6.07, 6.45) is 5.54. The third kappa shape index (κ3) is 5.17. The van der Waals surface area contributed by atoms with E-state index in [0.717, 1.165) is 43.0 Å². The normalized spacial score (nSPS) is 22.0. The van der Waals surface area contributed by atoms with Crippen LogP contribution in [0.2, 0.25) is 0 Å². The zero-order valence-electron chi connectivity index (χ0n) is 21.1. The van der Waals surface area contributed by atoms with E-state index in [4.69, 9.17) is 4.99 Å². The van der Waals surface area contributed by atoms with Crippen LogP contribution < -0.4 is 4.90 Å². The fourth-order valence-electron chi connectivity index (χ4n) is 4.45. The van der Waals surface area contributed by atoms with Gasteiger partial charge >= 0.3 is 0 Å². The molecule has 1 aliphatic heterocycles. The van der Waals surface area contributed by atoms with Gasteiger partial charge in [0.15, 0.2) is 5.78 Å². The zero-order chi connectivity index (χ0) is 24.1. The molecule has 0 radical (unpaired) electrons. The third-order valence-corrected chi connectivity index (χ3v) is 6.26. The minimum absolute atomic E-state index is 0.0118. The van der Waals surface area contributed by atoms with Crippen molar-refractivity contribution in [2.45, 2.75) is 33.7 Å². The molecule has 6 heteroatoms. The Bertz CT molecular complexity index is 1020. The van der Waals surface area contributed by atoms with Gasteiger partial charge in [-0.25, -0.2) is 4.99 Å². The fraction of sp³-hybridized carbons (Fsp3) is 0.444. The molecule has 0 N–H and O–H groups in total. The number of Topliss-reactive ketones (excluding diaryl/α,β-unsaturated/α-hetero) is 1. The van der Waals surface area contributed by atoms with Gasteiger partial charge in [0.1, 0.15) is 5.70 Å². The molecule has 0 saturated carbocycles. The smallest absolute Gasteiger partial charge is 0.196 e.